The van der Waals surface area contributed by atoms with Gasteiger partial charge in [0.1, 0.15) is 23.1 Å². The minimum atomic E-state index is -0.619. The van der Waals surface area contributed by atoms with Crippen LogP contribution in [0.15, 0.2) is 79.1 Å². The molecule has 1 amide bonds. The largest absolute Gasteiger partial charge is 0.306 e. The lowest BCUT2D eigenvalue weighted by molar-refractivity contribution is 0.102. The maximum absolute atomic E-state index is 14.0. The molecule has 0 aliphatic rings. The van der Waals surface area contributed by atoms with Gasteiger partial charge in [0.2, 0.25) is 0 Å². The van der Waals surface area contributed by atoms with Crippen molar-refractivity contribution in [2.24, 2.45) is 0 Å². The van der Waals surface area contributed by atoms with Gasteiger partial charge in [-0.1, -0.05) is 12.1 Å². The second-order valence-electron chi connectivity index (χ2n) is 7.43. The Morgan fingerprint density at radius 1 is 0.909 bits per heavy atom. The molecule has 1 N–H and O–H groups in total. The van der Waals surface area contributed by atoms with Crippen LogP contribution in [0.25, 0.3) is 28.2 Å². The topological polar surface area (TPSA) is 72.2 Å². The molecule has 0 saturated carbocycles. The van der Waals surface area contributed by atoms with E-state index in [0.717, 1.165) is 5.56 Å². The molecule has 162 valence electrons. The zero-order valence-electron chi connectivity index (χ0n) is 17.5. The first-order valence-corrected chi connectivity index (χ1v) is 10.1. The van der Waals surface area contributed by atoms with E-state index in [0.29, 0.717) is 28.2 Å². The Labute approximate surface area is 187 Å². The number of fused-ring (bicyclic) bond motifs is 1. The van der Waals surface area contributed by atoms with Crippen LogP contribution in [0.1, 0.15) is 15.9 Å². The summed E-state index contributed by atoms with van der Waals surface area (Å²) in [7, 11) is 0. The van der Waals surface area contributed by atoms with E-state index in [1.54, 1.807) is 54.0 Å². The number of aryl methyl sites for hydroxylation is 1. The van der Waals surface area contributed by atoms with Crippen LogP contribution in [0.4, 0.5) is 14.6 Å². The number of pyridine rings is 1. The first-order chi connectivity index (χ1) is 16.0. The van der Waals surface area contributed by atoms with Crippen LogP contribution in [-0.4, -0.2) is 25.5 Å². The molecule has 0 aliphatic heterocycles. The van der Waals surface area contributed by atoms with Crippen molar-refractivity contribution in [1.29, 1.82) is 0 Å². The van der Waals surface area contributed by atoms with Gasteiger partial charge < -0.3 is 5.32 Å². The first kappa shape index (κ1) is 20.4. The monoisotopic (exact) mass is 441 g/mol. The van der Waals surface area contributed by atoms with Crippen molar-refractivity contribution < 1.29 is 13.6 Å². The van der Waals surface area contributed by atoms with Crippen LogP contribution in [-0.2, 0) is 0 Å². The van der Waals surface area contributed by atoms with Crippen molar-refractivity contribution in [2.75, 3.05) is 5.32 Å². The zero-order chi connectivity index (χ0) is 22.9. The molecule has 0 atom stereocenters. The number of carbonyl (C=O) groups excluding carboxylic acids is 1. The number of halogens is 2. The van der Waals surface area contributed by atoms with E-state index < -0.39 is 11.7 Å². The summed E-state index contributed by atoms with van der Waals surface area (Å²) in [4.78, 5) is 21.4. The molecule has 5 aromatic rings. The maximum atomic E-state index is 14.0. The summed E-state index contributed by atoms with van der Waals surface area (Å²) in [5, 5.41) is 7.05. The minimum absolute atomic E-state index is 0.0800. The summed E-state index contributed by atoms with van der Waals surface area (Å²) >= 11 is 0. The van der Waals surface area contributed by atoms with Gasteiger partial charge in [-0.25, -0.2) is 23.3 Å². The quantitative estimate of drug-likeness (QED) is 0.411. The van der Waals surface area contributed by atoms with Crippen molar-refractivity contribution in [1.82, 2.24) is 19.6 Å². The molecular formula is C25H17F2N5O. The van der Waals surface area contributed by atoms with Crippen LogP contribution in [0, 0.1) is 18.6 Å². The molecule has 0 fully saturated rings. The molecule has 3 aromatic heterocycles. The third-order valence-corrected chi connectivity index (χ3v) is 5.22. The van der Waals surface area contributed by atoms with Crippen molar-refractivity contribution in [3.63, 3.8) is 0 Å². The number of hydrogen-bond donors (Lipinski definition) is 1. The lowest BCUT2D eigenvalue weighted by atomic mass is 10.0. The number of imidazole rings is 1. The van der Waals surface area contributed by atoms with Gasteiger partial charge in [0, 0.05) is 23.5 Å². The first-order valence-electron chi connectivity index (χ1n) is 10.1. The zero-order valence-corrected chi connectivity index (χ0v) is 17.5. The van der Waals surface area contributed by atoms with Gasteiger partial charge in [0.15, 0.2) is 5.65 Å². The molecule has 5 rings (SSSR count). The Bertz CT molecular complexity index is 1510. The Kier molecular flexibility index (Phi) is 5.10. The highest BCUT2D eigenvalue weighted by Crippen LogP contribution is 2.33. The van der Waals surface area contributed by atoms with Crippen LogP contribution >= 0.6 is 0 Å². The smallest absolute Gasteiger partial charge is 0.259 e. The number of benzene rings is 2. The number of anilines is 1. The van der Waals surface area contributed by atoms with Crippen molar-refractivity contribution in [3.8, 4) is 22.5 Å². The normalized spacial score (nSPS) is 11.0. The summed E-state index contributed by atoms with van der Waals surface area (Å²) in [6.07, 6.45) is 3.17. The summed E-state index contributed by atoms with van der Waals surface area (Å²) in [5.41, 5.74) is 3.69. The number of amides is 1. The highest BCUT2D eigenvalue weighted by Gasteiger charge is 2.19. The van der Waals surface area contributed by atoms with Gasteiger partial charge in [-0.05, 0) is 67.1 Å². The van der Waals surface area contributed by atoms with Gasteiger partial charge in [-0.2, -0.15) is 5.10 Å². The highest BCUT2D eigenvalue weighted by molar-refractivity contribution is 6.04. The molecule has 6 nitrogen and oxygen atoms in total. The van der Waals surface area contributed by atoms with Gasteiger partial charge in [0.05, 0.1) is 11.3 Å². The van der Waals surface area contributed by atoms with E-state index in [1.165, 1.54) is 30.5 Å². The summed E-state index contributed by atoms with van der Waals surface area (Å²) in [6, 6.07) is 17.5. The fourth-order valence-corrected chi connectivity index (χ4v) is 3.62. The lowest BCUT2D eigenvalue weighted by Crippen LogP contribution is -2.14. The van der Waals surface area contributed by atoms with E-state index in [9.17, 15) is 13.6 Å². The van der Waals surface area contributed by atoms with Crippen LogP contribution in [0.3, 0.4) is 0 Å². The summed E-state index contributed by atoms with van der Waals surface area (Å²) in [5.74, 6) is -1.29. The van der Waals surface area contributed by atoms with Crippen LogP contribution in [0.5, 0.6) is 0 Å². The molecular weight excluding hydrogens is 424 g/mol. The summed E-state index contributed by atoms with van der Waals surface area (Å²) < 4.78 is 29.5. The minimum Gasteiger partial charge on any atom is -0.306 e. The number of rotatable bonds is 4. The SMILES string of the molecule is Cc1cc(-c2nc3cccnn3c2-c2ccnc(NC(=O)c3ccccc3F)c2)ccc1F. The van der Waals surface area contributed by atoms with E-state index in [-0.39, 0.29) is 17.2 Å². The molecule has 0 unspecified atom stereocenters. The average Bonchev–Trinajstić information content (AvgIpc) is 3.21. The van der Waals surface area contributed by atoms with E-state index in [1.807, 2.05) is 6.07 Å². The molecule has 3 heterocycles. The van der Waals surface area contributed by atoms with Crippen molar-refractivity contribution >= 4 is 17.4 Å². The number of carbonyl (C=O) groups is 1. The molecule has 0 spiro atoms. The highest BCUT2D eigenvalue weighted by atomic mass is 19.1. The van der Waals surface area contributed by atoms with E-state index in [4.69, 9.17) is 4.98 Å². The lowest BCUT2D eigenvalue weighted by Gasteiger charge is -2.09. The summed E-state index contributed by atoms with van der Waals surface area (Å²) in [6.45, 7) is 1.69. The van der Waals surface area contributed by atoms with E-state index in [2.05, 4.69) is 15.4 Å². The maximum Gasteiger partial charge on any atom is 0.259 e. The van der Waals surface area contributed by atoms with E-state index >= 15 is 0 Å². The van der Waals surface area contributed by atoms with Crippen molar-refractivity contribution in [2.45, 2.75) is 6.92 Å². The molecule has 0 bridgehead atoms. The van der Waals surface area contributed by atoms with Gasteiger partial charge in [-0.15, -0.1) is 0 Å². The fourth-order valence-electron chi connectivity index (χ4n) is 3.62. The Morgan fingerprint density at radius 2 is 1.76 bits per heavy atom. The predicted octanol–water partition coefficient (Wildman–Crippen LogP) is 5.30. The third kappa shape index (κ3) is 3.82. The molecule has 2 aromatic carbocycles. The number of hydrogen-bond acceptors (Lipinski definition) is 4. The van der Waals surface area contributed by atoms with Crippen molar-refractivity contribution in [3.05, 3.63) is 102 Å². The molecule has 0 aliphatic carbocycles. The second-order valence-corrected chi connectivity index (χ2v) is 7.43. The van der Waals surface area contributed by atoms with Crippen LogP contribution < -0.4 is 5.32 Å². The third-order valence-electron chi connectivity index (χ3n) is 5.22. The Hall–Kier alpha value is -4.46. The number of nitrogens with zero attached hydrogens (tertiary/aromatic N) is 4. The van der Waals surface area contributed by atoms with Crippen LogP contribution in [0.2, 0.25) is 0 Å². The number of aromatic nitrogens is 4. The second kappa shape index (κ2) is 8.23. The predicted molar refractivity (Wildman–Crippen MR) is 121 cm³/mol. The Morgan fingerprint density at radius 3 is 2.58 bits per heavy atom. The molecule has 0 saturated heterocycles. The van der Waals surface area contributed by atoms with Gasteiger partial charge in [-0.3, -0.25) is 4.79 Å². The van der Waals surface area contributed by atoms with Gasteiger partial charge >= 0.3 is 0 Å². The Balaban J connectivity index is 1.60. The standard InChI is InChI=1S/C25H17F2N5O/c1-15-13-16(8-9-19(15)26)23-24(32-22(31-23)7-4-11-29-32)17-10-12-28-21(14-17)30-25(33)18-5-2-3-6-20(18)27/h2-14H,1H3,(H,28,30,33). The van der Waals surface area contributed by atoms with Gasteiger partial charge in [0.25, 0.3) is 5.91 Å². The number of nitrogens with one attached hydrogen (secondary N) is 1. The molecule has 33 heavy (non-hydrogen) atoms. The fraction of sp³-hybridized carbons (Fsp3) is 0.0400. The molecule has 0 radical (unpaired) electrons. The molecule has 8 heteroatoms. The average molecular weight is 441 g/mol.